The van der Waals surface area contributed by atoms with Crippen molar-refractivity contribution in [1.82, 2.24) is 15.2 Å². The van der Waals surface area contributed by atoms with Crippen molar-refractivity contribution in [2.45, 2.75) is 30.7 Å². The van der Waals surface area contributed by atoms with Crippen LogP contribution < -0.4 is 0 Å². The van der Waals surface area contributed by atoms with Gasteiger partial charge in [0.05, 0.1) is 10.7 Å². The fourth-order valence-corrected chi connectivity index (χ4v) is 3.29. The molecule has 2 aromatic heterocycles. The maximum absolute atomic E-state index is 5.65. The molecule has 0 saturated heterocycles. The fraction of sp³-hybridized carbons (Fsp3) is 0.267. The number of rotatable bonds is 6. The molecule has 1 aromatic carbocycles. The molecule has 6 heteroatoms. The van der Waals surface area contributed by atoms with Gasteiger partial charge in [-0.25, -0.2) is 4.98 Å². The number of hydrogen-bond donors (Lipinski definition) is 0. The first-order valence-electron chi connectivity index (χ1n) is 6.70. The maximum Gasteiger partial charge on any atom is 0.276 e. The van der Waals surface area contributed by atoms with E-state index in [9.17, 15) is 0 Å². The third-order valence-corrected chi connectivity index (χ3v) is 4.60. The molecular formula is C15H15N3OS2. The van der Waals surface area contributed by atoms with Gasteiger partial charge in [-0.05, 0) is 18.9 Å². The molecule has 0 atom stereocenters. The number of aryl methyl sites for hydroxylation is 3. The van der Waals surface area contributed by atoms with Crippen molar-refractivity contribution in [1.29, 1.82) is 0 Å². The summed E-state index contributed by atoms with van der Waals surface area (Å²) in [6.45, 7) is 2.01. The minimum absolute atomic E-state index is 0.615. The van der Waals surface area contributed by atoms with E-state index in [0.29, 0.717) is 11.1 Å². The van der Waals surface area contributed by atoms with Crippen molar-refractivity contribution in [2.24, 2.45) is 0 Å². The SMILES string of the molecule is Cc1nc(CSc2nnc(CCc3ccccc3)o2)cs1. The van der Waals surface area contributed by atoms with E-state index in [-0.39, 0.29) is 0 Å². The molecule has 0 fully saturated rings. The van der Waals surface area contributed by atoms with Crippen molar-refractivity contribution in [2.75, 3.05) is 0 Å². The average molecular weight is 317 g/mol. The van der Waals surface area contributed by atoms with E-state index in [4.69, 9.17) is 4.42 Å². The van der Waals surface area contributed by atoms with Crippen LogP contribution in [0.4, 0.5) is 0 Å². The molecule has 0 bridgehead atoms. The molecule has 3 aromatic rings. The normalized spacial score (nSPS) is 10.9. The first kappa shape index (κ1) is 14.3. The Morgan fingerprint density at radius 1 is 1.14 bits per heavy atom. The van der Waals surface area contributed by atoms with E-state index in [1.807, 2.05) is 25.1 Å². The minimum Gasteiger partial charge on any atom is -0.416 e. The predicted octanol–water partition coefficient (Wildman–Crippen LogP) is 3.91. The summed E-state index contributed by atoms with van der Waals surface area (Å²) >= 11 is 3.19. The summed E-state index contributed by atoms with van der Waals surface area (Å²) in [6, 6.07) is 10.3. The van der Waals surface area contributed by atoms with Gasteiger partial charge in [0.2, 0.25) is 5.89 Å². The smallest absolute Gasteiger partial charge is 0.276 e. The molecule has 4 nitrogen and oxygen atoms in total. The highest BCUT2D eigenvalue weighted by Gasteiger charge is 2.08. The molecular weight excluding hydrogens is 302 g/mol. The summed E-state index contributed by atoms with van der Waals surface area (Å²) in [4.78, 5) is 4.42. The highest BCUT2D eigenvalue weighted by molar-refractivity contribution is 7.98. The van der Waals surface area contributed by atoms with E-state index < -0.39 is 0 Å². The summed E-state index contributed by atoms with van der Waals surface area (Å²) in [5, 5.41) is 11.9. The molecule has 0 radical (unpaired) electrons. The van der Waals surface area contributed by atoms with Gasteiger partial charge in [0, 0.05) is 17.6 Å². The first-order chi connectivity index (χ1) is 10.3. The lowest BCUT2D eigenvalue weighted by atomic mass is 10.1. The van der Waals surface area contributed by atoms with Gasteiger partial charge in [0.1, 0.15) is 0 Å². The Kier molecular flexibility index (Phi) is 4.67. The van der Waals surface area contributed by atoms with E-state index in [1.54, 1.807) is 11.3 Å². The van der Waals surface area contributed by atoms with Crippen LogP contribution in [0.25, 0.3) is 0 Å². The van der Waals surface area contributed by atoms with Crippen molar-refractivity contribution in [3.63, 3.8) is 0 Å². The highest BCUT2D eigenvalue weighted by Crippen LogP contribution is 2.22. The second-order valence-electron chi connectivity index (χ2n) is 4.59. The number of benzene rings is 1. The molecule has 0 aliphatic rings. The number of hydrogen-bond acceptors (Lipinski definition) is 6. The topological polar surface area (TPSA) is 51.8 Å². The van der Waals surface area contributed by atoms with Crippen LogP contribution in [0.3, 0.4) is 0 Å². The Bertz CT molecular complexity index is 694. The quantitative estimate of drug-likeness (QED) is 0.645. The molecule has 0 aliphatic heterocycles. The number of nitrogens with zero attached hydrogens (tertiary/aromatic N) is 3. The van der Waals surface area contributed by atoms with Crippen LogP contribution in [0, 0.1) is 6.92 Å². The molecule has 2 heterocycles. The van der Waals surface area contributed by atoms with Gasteiger partial charge < -0.3 is 4.42 Å². The van der Waals surface area contributed by atoms with Crippen LogP contribution in [0.15, 0.2) is 45.4 Å². The lowest BCUT2D eigenvalue weighted by molar-refractivity contribution is 0.412. The number of aromatic nitrogens is 3. The van der Waals surface area contributed by atoms with Crippen LogP contribution in [0.5, 0.6) is 0 Å². The van der Waals surface area contributed by atoms with Gasteiger partial charge in [-0.15, -0.1) is 21.5 Å². The zero-order valence-corrected chi connectivity index (χ0v) is 13.3. The standard InChI is InChI=1S/C15H15N3OS2/c1-11-16-13(9-20-11)10-21-15-18-17-14(19-15)8-7-12-5-3-2-4-6-12/h2-6,9H,7-8,10H2,1H3. The lowest BCUT2D eigenvalue weighted by Crippen LogP contribution is -1.90. The third kappa shape index (κ3) is 4.15. The van der Waals surface area contributed by atoms with Crippen LogP contribution in [-0.2, 0) is 18.6 Å². The number of thiazole rings is 1. The Hall–Kier alpha value is -1.66. The highest BCUT2D eigenvalue weighted by atomic mass is 32.2. The first-order valence-corrected chi connectivity index (χ1v) is 8.56. The lowest BCUT2D eigenvalue weighted by Gasteiger charge is -1.96. The molecule has 0 N–H and O–H groups in total. The van der Waals surface area contributed by atoms with Crippen molar-refractivity contribution in [3.05, 3.63) is 57.9 Å². The zero-order valence-electron chi connectivity index (χ0n) is 11.7. The molecule has 0 amide bonds. The van der Waals surface area contributed by atoms with Crippen molar-refractivity contribution >= 4 is 23.1 Å². The Labute approximate surface area is 131 Å². The monoisotopic (exact) mass is 317 g/mol. The molecule has 3 rings (SSSR count). The molecule has 108 valence electrons. The van der Waals surface area contributed by atoms with E-state index in [2.05, 4.69) is 32.7 Å². The van der Waals surface area contributed by atoms with Crippen LogP contribution >= 0.6 is 23.1 Å². The van der Waals surface area contributed by atoms with E-state index in [0.717, 1.165) is 29.3 Å². The second kappa shape index (κ2) is 6.87. The second-order valence-corrected chi connectivity index (χ2v) is 6.58. The molecule has 21 heavy (non-hydrogen) atoms. The Morgan fingerprint density at radius 3 is 2.76 bits per heavy atom. The van der Waals surface area contributed by atoms with Crippen molar-refractivity contribution < 1.29 is 4.42 Å². The largest absolute Gasteiger partial charge is 0.416 e. The summed E-state index contributed by atoms with van der Waals surface area (Å²) < 4.78 is 5.65. The predicted molar refractivity (Wildman–Crippen MR) is 84.6 cm³/mol. The molecule has 0 unspecified atom stereocenters. The van der Waals surface area contributed by atoms with Gasteiger partial charge in [0.15, 0.2) is 0 Å². The number of thioether (sulfide) groups is 1. The van der Waals surface area contributed by atoms with Gasteiger partial charge in [-0.3, -0.25) is 0 Å². The van der Waals surface area contributed by atoms with Gasteiger partial charge in [0.25, 0.3) is 5.22 Å². The maximum atomic E-state index is 5.65. The summed E-state index contributed by atoms with van der Waals surface area (Å²) in [5.74, 6) is 1.46. The summed E-state index contributed by atoms with van der Waals surface area (Å²) in [7, 11) is 0. The Morgan fingerprint density at radius 2 is 2.00 bits per heavy atom. The molecule has 0 saturated carbocycles. The van der Waals surface area contributed by atoms with Crippen molar-refractivity contribution in [3.8, 4) is 0 Å². The van der Waals surface area contributed by atoms with Gasteiger partial charge in [-0.1, -0.05) is 42.1 Å². The van der Waals surface area contributed by atoms with E-state index in [1.165, 1.54) is 17.3 Å². The van der Waals surface area contributed by atoms with Crippen LogP contribution in [0.1, 0.15) is 22.2 Å². The summed E-state index contributed by atoms with van der Waals surface area (Å²) in [5.41, 5.74) is 2.34. The van der Waals surface area contributed by atoms with Gasteiger partial charge >= 0.3 is 0 Å². The van der Waals surface area contributed by atoms with E-state index >= 15 is 0 Å². The van der Waals surface area contributed by atoms with Gasteiger partial charge in [-0.2, -0.15) is 0 Å². The van der Waals surface area contributed by atoms with Crippen LogP contribution in [-0.4, -0.2) is 15.2 Å². The summed E-state index contributed by atoms with van der Waals surface area (Å²) in [6.07, 6.45) is 1.69. The Balaban J connectivity index is 1.51. The minimum atomic E-state index is 0.615. The fourth-order valence-electron chi connectivity index (χ4n) is 1.90. The molecule has 0 aliphatic carbocycles. The average Bonchev–Trinajstić information content (AvgIpc) is 3.13. The van der Waals surface area contributed by atoms with Crippen LogP contribution in [0.2, 0.25) is 0 Å². The molecule has 0 spiro atoms. The third-order valence-electron chi connectivity index (χ3n) is 2.93. The zero-order chi connectivity index (χ0) is 14.5.